The van der Waals surface area contributed by atoms with Crippen molar-refractivity contribution in [1.82, 2.24) is 5.32 Å². The molecule has 0 aromatic heterocycles. The van der Waals surface area contributed by atoms with Crippen molar-refractivity contribution < 1.29 is 0 Å². The largest absolute Gasteiger partial charge is 0.313 e. The Labute approximate surface area is 63.2 Å². The van der Waals surface area contributed by atoms with E-state index in [1.54, 1.807) is 0 Å². The quantitative estimate of drug-likeness (QED) is 0.611. The van der Waals surface area contributed by atoms with E-state index >= 15 is 0 Å². The van der Waals surface area contributed by atoms with E-state index in [0.717, 1.165) is 17.9 Å². The third kappa shape index (κ3) is 0.878. The molecule has 1 N–H and O–H groups in total. The van der Waals surface area contributed by atoms with Crippen molar-refractivity contribution in [1.29, 1.82) is 0 Å². The normalized spacial score (nSPS) is 44.7. The summed E-state index contributed by atoms with van der Waals surface area (Å²) >= 11 is 0. The summed E-state index contributed by atoms with van der Waals surface area (Å²) < 4.78 is 0. The topological polar surface area (TPSA) is 12.0 Å². The van der Waals surface area contributed by atoms with Crippen LogP contribution < -0.4 is 5.32 Å². The first-order valence-electron chi connectivity index (χ1n) is 4.48. The lowest BCUT2D eigenvalue weighted by Crippen LogP contribution is -2.45. The van der Waals surface area contributed by atoms with Crippen LogP contribution in [0.15, 0.2) is 0 Å². The van der Waals surface area contributed by atoms with Crippen LogP contribution in [0.5, 0.6) is 0 Å². The van der Waals surface area contributed by atoms with Gasteiger partial charge in [0.05, 0.1) is 0 Å². The van der Waals surface area contributed by atoms with Crippen molar-refractivity contribution in [3.8, 4) is 0 Å². The van der Waals surface area contributed by atoms with E-state index in [1.807, 2.05) is 0 Å². The summed E-state index contributed by atoms with van der Waals surface area (Å²) in [5.74, 6) is 1.95. The van der Waals surface area contributed by atoms with Crippen molar-refractivity contribution >= 4 is 0 Å². The van der Waals surface area contributed by atoms with E-state index in [-0.39, 0.29) is 0 Å². The maximum atomic E-state index is 3.56. The summed E-state index contributed by atoms with van der Waals surface area (Å²) in [6.07, 6.45) is 6.61. The van der Waals surface area contributed by atoms with Crippen LogP contribution in [0.25, 0.3) is 0 Å². The molecule has 1 heteroatoms. The van der Waals surface area contributed by atoms with Crippen molar-refractivity contribution in [3.05, 3.63) is 6.42 Å². The average Bonchev–Trinajstić information content (AvgIpc) is 2.26. The zero-order valence-corrected chi connectivity index (χ0v) is 6.64. The number of hydrogen-bond donors (Lipinski definition) is 1. The highest BCUT2D eigenvalue weighted by Gasteiger charge is 2.42. The number of fused-ring (bicyclic) bond motifs is 1. The van der Waals surface area contributed by atoms with E-state index < -0.39 is 0 Å². The van der Waals surface area contributed by atoms with Crippen LogP contribution in [0, 0.1) is 18.3 Å². The van der Waals surface area contributed by atoms with E-state index in [4.69, 9.17) is 0 Å². The van der Waals surface area contributed by atoms with Crippen LogP contribution in [0.2, 0.25) is 0 Å². The molecule has 2 aliphatic rings. The Bertz CT molecular complexity index is 122. The lowest BCUT2D eigenvalue weighted by molar-refractivity contribution is 0.182. The molecule has 1 saturated carbocycles. The van der Waals surface area contributed by atoms with Gasteiger partial charge >= 0.3 is 0 Å². The van der Waals surface area contributed by atoms with Gasteiger partial charge in [0.15, 0.2) is 0 Å². The van der Waals surface area contributed by atoms with E-state index in [2.05, 4.69) is 18.7 Å². The SMILES string of the molecule is CC[CH]C1CC2CCNC12. The monoisotopic (exact) mass is 138 g/mol. The zero-order valence-electron chi connectivity index (χ0n) is 6.64. The first-order chi connectivity index (χ1) is 4.92. The number of rotatable bonds is 2. The summed E-state index contributed by atoms with van der Waals surface area (Å²) in [7, 11) is 0. The van der Waals surface area contributed by atoms with Crippen LogP contribution in [0.1, 0.15) is 26.2 Å². The Morgan fingerprint density at radius 1 is 1.60 bits per heavy atom. The molecule has 1 radical (unpaired) electrons. The Morgan fingerprint density at radius 3 is 3.20 bits per heavy atom. The predicted molar refractivity (Wildman–Crippen MR) is 42.6 cm³/mol. The molecule has 1 saturated heterocycles. The van der Waals surface area contributed by atoms with Gasteiger partial charge in [-0.05, 0) is 37.6 Å². The first kappa shape index (κ1) is 6.66. The molecule has 1 aliphatic heterocycles. The molecule has 0 aromatic carbocycles. The van der Waals surface area contributed by atoms with E-state index in [1.165, 1.54) is 25.8 Å². The standard InChI is InChI=1S/C9H16N/c1-2-3-7-6-8-4-5-10-9(7)8/h3,7-10H,2,4-6H2,1H3. The van der Waals surface area contributed by atoms with Crippen LogP contribution in [-0.2, 0) is 0 Å². The minimum atomic E-state index is 0.875. The molecule has 0 amide bonds. The van der Waals surface area contributed by atoms with Gasteiger partial charge in [0.1, 0.15) is 0 Å². The fraction of sp³-hybridized carbons (Fsp3) is 0.889. The first-order valence-corrected chi connectivity index (χ1v) is 4.48. The second kappa shape index (κ2) is 2.54. The zero-order chi connectivity index (χ0) is 6.97. The maximum absolute atomic E-state index is 3.56. The van der Waals surface area contributed by atoms with Crippen LogP contribution in [0.4, 0.5) is 0 Å². The Morgan fingerprint density at radius 2 is 2.50 bits per heavy atom. The molecule has 10 heavy (non-hydrogen) atoms. The van der Waals surface area contributed by atoms with Crippen molar-refractivity contribution in [2.24, 2.45) is 11.8 Å². The van der Waals surface area contributed by atoms with Crippen molar-refractivity contribution in [2.45, 2.75) is 32.2 Å². The summed E-state index contributed by atoms with van der Waals surface area (Å²) in [5, 5.41) is 3.56. The van der Waals surface area contributed by atoms with Gasteiger partial charge in [0.25, 0.3) is 0 Å². The van der Waals surface area contributed by atoms with Crippen molar-refractivity contribution in [2.75, 3.05) is 6.54 Å². The van der Waals surface area contributed by atoms with Gasteiger partial charge < -0.3 is 5.32 Å². The fourth-order valence-electron chi connectivity index (χ4n) is 2.39. The number of nitrogens with one attached hydrogen (secondary N) is 1. The van der Waals surface area contributed by atoms with E-state index in [9.17, 15) is 0 Å². The molecule has 3 unspecified atom stereocenters. The molecule has 2 rings (SSSR count). The fourth-order valence-corrected chi connectivity index (χ4v) is 2.39. The lowest BCUT2D eigenvalue weighted by Gasteiger charge is -2.40. The van der Waals surface area contributed by atoms with Crippen LogP contribution >= 0.6 is 0 Å². The minimum absolute atomic E-state index is 0.875. The second-order valence-electron chi connectivity index (χ2n) is 3.57. The highest BCUT2D eigenvalue weighted by Crippen LogP contribution is 2.41. The van der Waals surface area contributed by atoms with Gasteiger partial charge in [-0.3, -0.25) is 0 Å². The minimum Gasteiger partial charge on any atom is -0.313 e. The van der Waals surface area contributed by atoms with Crippen LogP contribution in [-0.4, -0.2) is 12.6 Å². The van der Waals surface area contributed by atoms with Gasteiger partial charge in [-0.2, -0.15) is 0 Å². The third-order valence-corrected chi connectivity index (χ3v) is 2.98. The molecular weight excluding hydrogens is 122 g/mol. The van der Waals surface area contributed by atoms with Crippen LogP contribution in [0.3, 0.4) is 0 Å². The number of hydrogen-bond acceptors (Lipinski definition) is 1. The van der Waals surface area contributed by atoms with Gasteiger partial charge in [-0.25, -0.2) is 0 Å². The highest BCUT2D eigenvalue weighted by molar-refractivity contribution is 5.03. The Kier molecular flexibility index (Phi) is 1.69. The molecule has 2 fully saturated rings. The third-order valence-electron chi connectivity index (χ3n) is 2.98. The van der Waals surface area contributed by atoms with E-state index in [0.29, 0.717) is 0 Å². The summed E-state index contributed by atoms with van der Waals surface area (Å²) in [6.45, 7) is 3.51. The molecule has 57 valence electrons. The molecule has 0 spiro atoms. The molecule has 0 aromatic rings. The molecular formula is C9H16N. The molecule has 0 bridgehead atoms. The average molecular weight is 138 g/mol. The summed E-state index contributed by atoms with van der Waals surface area (Å²) in [6, 6.07) is 0.875. The molecule has 1 aliphatic carbocycles. The van der Waals surface area contributed by atoms with Crippen molar-refractivity contribution in [3.63, 3.8) is 0 Å². The smallest absolute Gasteiger partial charge is 0.0127 e. The Hall–Kier alpha value is -0.0400. The lowest BCUT2D eigenvalue weighted by atomic mass is 9.69. The van der Waals surface area contributed by atoms with Gasteiger partial charge in [-0.1, -0.05) is 13.3 Å². The molecule has 1 nitrogen and oxygen atoms in total. The Balaban J connectivity index is 1.83. The van der Waals surface area contributed by atoms with Gasteiger partial charge in [-0.15, -0.1) is 0 Å². The summed E-state index contributed by atoms with van der Waals surface area (Å²) in [5.41, 5.74) is 0. The summed E-state index contributed by atoms with van der Waals surface area (Å²) in [4.78, 5) is 0. The maximum Gasteiger partial charge on any atom is 0.0127 e. The van der Waals surface area contributed by atoms with Gasteiger partial charge in [0, 0.05) is 6.04 Å². The van der Waals surface area contributed by atoms with Gasteiger partial charge in [0.2, 0.25) is 0 Å². The molecule has 1 heterocycles. The second-order valence-corrected chi connectivity index (χ2v) is 3.57. The predicted octanol–water partition coefficient (Wildman–Crippen LogP) is 1.60. The molecule has 3 atom stereocenters. The highest BCUT2D eigenvalue weighted by atomic mass is 15.0.